The fraction of sp³-hybridized carbons (Fsp3) is 0.444. The van der Waals surface area contributed by atoms with Crippen molar-refractivity contribution in [1.29, 1.82) is 0 Å². The van der Waals surface area contributed by atoms with Crippen LogP contribution in [-0.2, 0) is 19.1 Å². The Balaban J connectivity index is 2.86. The number of carboxylic acids is 2. The summed E-state index contributed by atoms with van der Waals surface area (Å²) in [5, 5.41) is 17.3. The number of ether oxygens (including phenoxy) is 1. The number of hydrogen-bond donors (Lipinski definition) is 2. The molecule has 0 saturated carbocycles. The summed E-state index contributed by atoms with van der Waals surface area (Å²) in [4.78, 5) is 32.3. The molecule has 6 nitrogen and oxygen atoms in total. The van der Waals surface area contributed by atoms with Gasteiger partial charge in [0.1, 0.15) is 6.10 Å². The van der Waals surface area contributed by atoms with E-state index in [0.717, 1.165) is 0 Å². The molecule has 0 aromatic carbocycles. The van der Waals surface area contributed by atoms with Crippen LogP contribution in [0.1, 0.15) is 6.42 Å². The van der Waals surface area contributed by atoms with Gasteiger partial charge in [-0.2, -0.15) is 0 Å². The van der Waals surface area contributed by atoms with Crippen LogP contribution in [0, 0.1) is 11.8 Å². The molecule has 1 rings (SSSR count). The fourth-order valence-corrected chi connectivity index (χ4v) is 1.58. The molecule has 1 heterocycles. The maximum Gasteiger partial charge on any atom is 0.321 e. The molecule has 6 heteroatoms. The van der Waals surface area contributed by atoms with Crippen LogP contribution in [0.25, 0.3) is 0 Å². The van der Waals surface area contributed by atoms with E-state index in [0.29, 0.717) is 0 Å². The van der Waals surface area contributed by atoms with Gasteiger partial charge in [0.15, 0.2) is 5.92 Å². The molecule has 2 N–H and O–H groups in total. The molecular weight excluding hydrogens is 204 g/mol. The van der Waals surface area contributed by atoms with Crippen molar-refractivity contribution in [2.75, 3.05) is 0 Å². The van der Waals surface area contributed by atoms with E-state index in [9.17, 15) is 14.4 Å². The van der Waals surface area contributed by atoms with Gasteiger partial charge in [0.05, 0.1) is 6.42 Å². The Morgan fingerprint density at radius 1 is 1.47 bits per heavy atom. The molecule has 0 aliphatic carbocycles. The highest BCUT2D eigenvalue weighted by Crippen LogP contribution is 2.31. The summed E-state index contributed by atoms with van der Waals surface area (Å²) in [6.07, 6.45) is -0.0997. The minimum atomic E-state index is -1.34. The van der Waals surface area contributed by atoms with Crippen molar-refractivity contribution in [3.05, 3.63) is 12.7 Å². The van der Waals surface area contributed by atoms with Crippen molar-refractivity contribution in [1.82, 2.24) is 0 Å². The van der Waals surface area contributed by atoms with Crippen molar-refractivity contribution in [3.63, 3.8) is 0 Å². The molecule has 3 atom stereocenters. The van der Waals surface area contributed by atoms with Crippen molar-refractivity contribution in [3.8, 4) is 0 Å². The lowest BCUT2D eigenvalue weighted by Gasteiger charge is -2.12. The van der Waals surface area contributed by atoms with Gasteiger partial charge in [0, 0.05) is 5.92 Å². The molecule has 0 unspecified atom stereocenters. The quantitative estimate of drug-likeness (QED) is 0.384. The van der Waals surface area contributed by atoms with Gasteiger partial charge in [-0.15, -0.1) is 6.58 Å². The average molecular weight is 214 g/mol. The second kappa shape index (κ2) is 4.12. The van der Waals surface area contributed by atoms with Gasteiger partial charge in [0.25, 0.3) is 0 Å². The molecular formula is C9H10O6. The zero-order chi connectivity index (χ0) is 11.6. The van der Waals surface area contributed by atoms with E-state index in [4.69, 9.17) is 10.2 Å². The summed E-state index contributed by atoms with van der Waals surface area (Å²) in [6, 6.07) is 0. The minimum Gasteiger partial charge on any atom is -0.481 e. The van der Waals surface area contributed by atoms with E-state index >= 15 is 0 Å². The smallest absolute Gasteiger partial charge is 0.321 e. The molecule has 0 bridgehead atoms. The minimum absolute atomic E-state index is 0.411. The Kier molecular flexibility index (Phi) is 3.08. The van der Waals surface area contributed by atoms with E-state index < -0.39 is 42.3 Å². The van der Waals surface area contributed by atoms with E-state index in [1.807, 2.05) is 0 Å². The van der Waals surface area contributed by atoms with Crippen LogP contribution < -0.4 is 0 Å². The maximum atomic E-state index is 11.1. The Bertz CT molecular complexity index is 321. The Morgan fingerprint density at radius 2 is 2.07 bits per heavy atom. The third-order valence-electron chi connectivity index (χ3n) is 2.25. The van der Waals surface area contributed by atoms with Crippen LogP contribution in [0.3, 0.4) is 0 Å². The number of cyclic esters (lactones) is 1. The zero-order valence-corrected chi connectivity index (χ0v) is 7.75. The number of hydrogen-bond acceptors (Lipinski definition) is 4. The monoisotopic (exact) mass is 214 g/mol. The molecule has 1 aliphatic rings. The molecule has 1 aliphatic heterocycles. The highest BCUT2D eigenvalue weighted by Gasteiger charge is 2.48. The van der Waals surface area contributed by atoms with E-state index in [1.165, 1.54) is 6.08 Å². The van der Waals surface area contributed by atoms with E-state index in [-0.39, 0.29) is 0 Å². The lowest BCUT2D eigenvalue weighted by molar-refractivity contribution is -0.153. The van der Waals surface area contributed by atoms with Gasteiger partial charge in [0.2, 0.25) is 0 Å². The first-order chi connectivity index (χ1) is 6.97. The van der Waals surface area contributed by atoms with Crippen LogP contribution >= 0.6 is 0 Å². The maximum absolute atomic E-state index is 11.1. The fourth-order valence-electron chi connectivity index (χ4n) is 1.58. The normalized spacial score (nSPS) is 29.6. The van der Waals surface area contributed by atoms with Crippen LogP contribution in [0.4, 0.5) is 0 Å². The number of aliphatic carboxylic acids is 2. The van der Waals surface area contributed by atoms with Gasteiger partial charge in [-0.3, -0.25) is 14.4 Å². The molecule has 0 aromatic rings. The van der Waals surface area contributed by atoms with Crippen molar-refractivity contribution in [2.24, 2.45) is 11.8 Å². The molecule has 82 valence electrons. The molecule has 0 aromatic heterocycles. The van der Waals surface area contributed by atoms with Crippen LogP contribution in [0.15, 0.2) is 12.7 Å². The lowest BCUT2D eigenvalue weighted by Crippen LogP contribution is -2.27. The average Bonchev–Trinajstić information content (AvgIpc) is 2.40. The van der Waals surface area contributed by atoms with Gasteiger partial charge in [-0.25, -0.2) is 0 Å². The molecule has 0 amide bonds. The number of carbonyl (C=O) groups excluding carboxylic acids is 1. The molecule has 1 saturated heterocycles. The molecule has 1 fully saturated rings. The highest BCUT2D eigenvalue weighted by atomic mass is 16.6. The largest absolute Gasteiger partial charge is 0.481 e. The third-order valence-corrected chi connectivity index (χ3v) is 2.25. The Hall–Kier alpha value is -1.85. The second-order valence-electron chi connectivity index (χ2n) is 3.20. The summed E-state index contributed by atoms with van der Waals surface area (Å²) in [7, 11) is 0. The number of rotatable bonds is 4. The summed E-state index contributed by atoms with van der Waals surface area (Å²) >= 11 is 0. The number of esters is 1. The molecule has 15 heavy (non-hydrogen) atoms. The number of carboxylic acid groups (broad SMARTS) is 2. The van der Waals surface area contributed by atoms with Crippen LogP contribution in [0.5, 0.6) is 0 Å². The standard InChI is InChI=1S/C9H10O6/c1-2-4-5(3-6(10)11)15-9(14)7(4)8(12)13/h2,4-5,7H,1,3H2,(H,10,11)(H,12,13)/t4-,5+,7-/m1/s1. The summed E-state index contributed by atoms with van der Waals surface area (Å²) < 4.78 is 4.68. The van der Waals surface area contributed by atoms with Crippen molar-refractivity contribution < 1.29 is 29.3 Å². The van der Waals surface area contributed by atoms with Gasteiger partial charge >= 0.3 is 17.9 Å². The highest BCUT2D eigenvalue weighted by molar-refractivity contribution is 5.96. The second-order valence-corrected chi connectivity index (χ2v) is 3.20. The lowest BCUT2D eigenvalue weighted by atomic mass is 9.89. The van der Waals surface area contributed by atoms with Crippen LogP contribution in [0.2, 0.25) is 0 Å². The van der Waals surface area contributed by atoms with E-state index in [2.05, 4.69) is 11.3 Å². The Labute approximate surface area is 85.1 Å². The molecule has 0 radical (unpaired) electrons. The summed E-state index contributed by atoms with van der Waals surface area (Å²) in [5.41, 5.74) is 0. The van der Waals surface area contributed by atoms with Crippen LogP contribution in [-0.4, -0.2) is 34.2 Å². The SMILES string of the molecule is C=C[C@H]1[C@H](C(=O)O)C(=O)O[C@H]1CC(=O)O. The first-order valence-corrected chi connectivity index (χ1v) is 4.25. The van der Waals surface area contributed by atoms with Crippen molar-refractivity contribution >= 4 is 17.9 Å². The Morgan fingerprint density at radius 3 is 2.47 bits per heavy atom. The topological polar surface area (TPSA) is 101 Å². The van der Waals surface area contributed by atoms with Crippen molar-refractivity contribution in [2.45, 2.75) is 12.5 Å². The van der Waals surface area contributed by atoms with E-state index in [1.54, 1.807) is 0 Å². The summed E-state index contributed by atoms with van der Waals surface area (Å²) in [6.45, 7) is 3.38. The molecule has 0 spiro atoms. The predicted octanol–water partition coefficient (Wildman–Crippen LogP) is -0.111. The first-order valence-electron chi connectivity index (χ1n) is 4.25. The van der Waals surface area contributed by atoms with Gasteiger partial charge in [-0.1, -0.05) is 6.08 Å². The summed E-state index contributed by atoms with van der Waals surface area (Å²) in [5.74, 6) is -5.50. The third kappa shape index (κ3) is 2.15. The first kappa shape index (κ1) is 11.2. The predicted molar refractivity (Wildman–Crippen MR) is 46.9 cm³/mol. The van der Waals surface area contributed by atoms with Gasteiger partial charge in [-0.05, 0) is 0 Å². The number of carbonyl (C=O) groups is 3. The van der Waals surface area contributed by atoms with Gasteiger partial charge < -0.3 is 14.9 Å². The zero-order valence-electron chi connectivity index (χ0n) is 7.75.